The Morgan fingerprint density at radius 2 is 2.13 bits per heavy atom. The summed E-state index contributed by atoms with van der Waals surface area (Å²) in [6, 6.07) is 0. The minimum absolute atomic E-state index is 0.326. The monoisotopic (exact) mass is 343 g/mol. The number of guanidine groups is 1. The van der Waals surface area contributed by atoms with Gasteiger partial charge in [-0.05, 0) is 45.3 Å². The van der Waals surface area contributed by atoms with E-state index in [4.69, 9.17) is 14.5 Å². The van der Waals surface area contributed by atoms with Crippen molar-refractivity contribution in [2.24, 2.45) is 4.99 Å². The number of nitrogens with one attached hydrogen (secondary N) is 1. The van der Waals surface area contributed by atoms with Crippen LogP contribution in [0.2, 0.25) is 0 Å². The van der Waals surface area contributed by atoms with Crippen LogP contribution in [0.25, 0.3) is 0 Å². The molecule has 5 nitrogen and oxygen atoms in total. The molecule has 2 fully saturated rings. The molecule has 2 saturated heterocycles. The molecule has 0 aliphatic carbocycles. The summed E-state index contributed by atoms with van der Waals surface area (Å²) in [4.78, 5) is 7.10. The maximum absolute atomic E-state index is 6.09. The highest BCUT2D eigenvalue weighted by molar-refractivity contribution is 7.98. The van der Waals surface area contributed by atoms with Crippen LogP contribution in [0, 0.1) is 0 Å². The molecule has 0 aromatic rings. The number of hydrogen-bond acceptors (Lipinski definition) is 4. The molecule has 2 aliphatic rings. The van der Waals surface area contributed by atoms with Crippen molar-refractivity contribution in [2.75, 3.05) is 51.4 Å². The van der Waals surface area contributed by atoms with E-state index in [1.54, 1.807) is 0 Å². The van der Waals surface area contributed by atoms with Gasteiger partial charge in [0.05, 0.1) is 25.4 Å². The average molecular weight is 344 g/mol. The molecule has 2 aliphatic heterocycles. The summed E-state index contributed by atoms with van der Waals surface area (Å²) in [6.07, 6.45) is 8.65. The van der Waals surface area contributed by atoms with Crippen LogP contribution in [0.5, 0.6) is 0 Å². The zero-order chi connectivity index (χ0) is 16.3. The summed E-state index contributed by atoms with van der Waals surface area (Å²) in [6.45, 7) is 7.68. The normalized spacial score (nSPS) is 24.0. The molecule has 0 aromatic carbocycles. The number of piperidine rings is 1. The van der Waals surface area contributed by atoms with Gasteiger partial charge in [0.2, 0.25) is 0 Å². The summed E-state index contributed by atoms with van der Waals surface area (Å²) in [5, 5.41) is 3.42. The van der Waals surface area contributed by atoms with Crippen molar-refractivity contribution in [3.8, 4) is 0 Å². The van der Waals surface area contributed by atoms with Gasteiger partial charge in [-0.2, -0.15) is 11.8 Å². The fourth-order valence-corrected chi connectivity index (χ4v) is 3.36. The van der Waals surface area contributed by atoms with Crippen LogP contribution in [0.3, 0.4) is 0 Å². The Balaban J connectivity index is 1.69. The van der Waals surface area contributed by atoms with Crippen molar-refractivity contribution in [3.05, 3.63) is 0 Å². The standard InChI is InChI=1S/C17H33N3O2S/c1-3-18-17(19-9-13-23-2)20-10-7-15(8-11-20)22-14-16-6-4-5-12-21-16/h15-16H,3-14H2,1-2H3,(H,18,19). The van der Waals surface area contributed by atoms with E-state index in [0.29, 0.717) is 12.2 Å². The average Bonchev–Trinajstić information content (AvgIpc) is 2.61. The Morgan fingerprint density at radius 1 is 1.30 bits per heavy atom. The van der Waals surface area contributed by atoms with E-state index in [0.717, 1.165) is 70.4 Å². The molecule has 1 unspecified atom stereocenters. The predicted molar refractivity (Wildman–Crippen MR) is 98.5 cm³/mol. The van der Waals surface area contributed by atoms with E-state index in [2.05, 4.69) is 23.4 Å². The summed E-state index contributed by atoms with van der Waals surface area (Å²) in [5.74, 6) is 2.14. The number of nitrogens with zero attached hydrogens (tertiary/aromatic N) is 2. The van der Waals surface area contributed by atoms with Gasteiger partial charge in [-0.15, -0.1) is 0 Å². The van der Waals surface area contributed by atoms with Gasteiger partial charge in [-0.1, -0.05) is 0 Å². The van der Waals surface area contributed by atoms with Gasteiger partial charge in [0.1, 0.15) is 0 Å². The quantitative estimate of drug-likeness (QED) is 0.437. The third-order valence-electron chi connectivity index (χ3n) is 4.43. The second-order valence-corrected chi connectivity index (χ2v) is 7.22. The Hall–Kier alpha value is -0.460. The first-order valence-corrected chi connectivity index (χ1v) is 10.5. The first-order valence-electron chi connectivity index (χ1n) is 9.09. The molecule has 0 saturated carbocycles. The van der Waals surface area contributed by atoms with Gasteiger partial charge in [0, 0.05) is 32.0 Å². The Kier molecular flexibility index (Phi) is 9.15. The fraction of sp³-hybridized carbons (Fsp3) is 0.941. The second kappa shape index (κ2) is 11.2. The topological polar surface area (TPSA) is 46.1 Å². The number of thioether (sulfide) groups is 1. The molecule has 2 rings (SSSR count). The first kappa shape index (κ1) is 18.9. The van der Waals surface area contributed by atoms with Gasteiger partial charge in [0.25, 0.3) is 0 Å². The first-order chi connectivity index (χ1) is 11.3. The van der Waals surface area contributed by atoms with E-state index in [1.165, 1.54) is 12.8 Å². The van der Waals surface area contributed by atoms with Gasteiger partial charge in [0.15, 0.2) is 5.96 Å². The lowest BCUT2D eigenvalue weighted by Gasteiger charge is -2.35. The zero-order valence-electron chi connectivity index (χ0n) is 14.8. The van der Waals surface area contributed by atoms with Crippen molar-refractivity contribution in [2.45, 2.75) is 51.2 Å². The van der Waals surface area contributed by atoms with Gasteiger partial charge in [-0.25, -0.2) is 0 Å². The third kappa shape index (κ3) is 6.89. The minimum Gasteiger partial charge on any atom is -0.376 e. The zero-order valence-corrected chi connectivity index (χ0v) is 15.6. The van der Waals surface area contributed by atoms with Gasteiger partial charge < -0.3 is 19.7 Å². The van der Waals surface area contributed by atoms with Gasteiger partial charge >= 0.3 is 0 Å². The Morgan fingerprint density at radius 3 is 2.78 bits per heavy atom. The van der Waals surface area contributed by atoms with Crippen molar-refractivity contribution in [1.82, 2.24) is 10.2 Å². The molecular weight excluding hydrogens is 310 g/mol. The van der Waals surface area contributed by atoms with Crippen LogP contribution in [0.1, 0.15) is 39.0 Å². The number of aliphatic imine (C=N–C) groups is 1. The van der Waals surface area contributed by atoms with Crippen LogP contribution < -0.4 is 5.32 Å². The highest BCUT2D eigenvalue weighted by atomic mass is 32.2. The Labute approximate surface area is 145 Å². The molecular formula is C17H33N3O2S. The third-order valence-corrected chi connectivity index (χ3v) is 5.02. The van der Waals surface area contributed by atoms with Crippen LogP contribution in [-0.4, -0.2) is 74.5 Å². The second-order valence-electron chi connectivity index (χ2n) is 6.24. The number of rotatable bonds is 7. The molecule has 0 aromatic heterocycles. The molecule has 1 atom stereocenters. The highest BCUT2D eigenvalue weighted by Gasteiger charge is 2.23. The number of hydrogen-bond donors (Lipinski definition) is 1. The molecule has 0 amide bonds. The van der Waals surface area contributed by atoms with E-state index >= 15 is 0 Å². The van der Waals surface area contributed by atoms with Crippen LogP contribution in [-0.2, 0) is 9.47 Å². The SMILES string of the molecule is CCNC(=NCCSC)N1CCC(OCC2CCCCO2)CC1. The van der Waals surface area contributed by atoms with Crippen LogP contribution in [0.4, 0.5) is 0 Å². The maximum atomic E-state index is 6.09. The van der Waals surface area contributed by atoms with Crippen molar-refractivity contribution in [1.29, 1.82) is 0 Å². The lowest BCUT2D eigenvalue weighted by molar-refractivity contribution is -0.0721. The lowest BCUT2D eigenvalue weighted by atomic mass is 10.1. The molecule has 134 valence electrons. The van der Waals surface area contributed by atoms with E-state index in [-0.39, 0.29) is 0 Å². The lowest BCUT2D eigenvalue weighted by Crippen LogP contribution is -2.47. The molecule has 23 heavy (non-hydrogen) atoms. The summed E-state index contributed by atoms with van der Waals surface area (Å²) in [5.41, 5.74) is 0. The van der Waals surface area contributed by atoms with Crippen molar-refractivity contribution >= 4 is 17.7 Å². The smallest absolute Gasteiger partial charge is 0.193 e. The molecule has 1 N–H and O–H groups in total. The molecule has 0 spiro atoms. The maximum Gasteiger partial charge on any atom is 0.193 e. The Bertz CT molecular complexity index is 341. The number of ether oxygens (including phenoxy) is 2. The van der Waals surface area contributed by atoms with E-state index < -0.39 is 0 Å². The van der Waals surface area contributed by atoms with Crippen LogP contribution in [0.15, 0.2) is 4.99 Å². The number of likely N-dealkylation sites (tertiary alicyclic amines) is 1. The van der Waals surface area contributed by atoms with Crippen LogP contribution >= 0.6 is 11.8 Å². The fourth-order valence-electron chi connectivity index (χ4n) is 3.09. The molecule has 0 radical (unpaired) electrons. The van der Waals surface area contributed by atoms with E-state index in [1.807, 2.05) is 11.8 Å². The molecule has 0 bridgehead atoms. The molecule has 2 heterocycles. The molecule has 6 heteroatoms. The summed E-state index contributed by atoms with van der Waals surface area (Å²) in [7, 11) is 0. The van der Waals surface area contributed by atoms with Crippen molar-refractivity contribution < 1.29 is 9.47 Å². The largest absolute Gasteiger partial charge is 0.376 e. The van der Waals surface area contributed by atoms with Gasteiger partial charge in [-0.3, -0.25) is 4.99 Å². The predicted octanol–water partition coefficient (Wildman–Crippen LogP) is 2.36. The highest BCUT2D eigenvalue weighted by Crippen LogP contribution is 2.18. The van der Waals surface area contributed by atoms with E-state index in [9.17, 15) is 0 Å². The minimum atomic E-state index is 0.326. The van der Waals surface area contributed by atoms with Crippen molar-refractivity contribution in [3.63, 3.8) is 0 Å². The summed E-state index contributed by atoms with van der Waals surface area (Å²) < 4.78 is 11.8. The summed E-state index contributed by atoms with van der Waals surface area (Å²) >= 11 is 1.84.